The molecule has 2 aliphatic rings. The number of aromatic nitrogens is 1. The van der Waals surface area contributed by atoms with Crippen LogP contribution in [0.3, 0.4) is 0 Å². The average Bonchev–Trinajstić information content (AvgIpc) is 3.15. The maximum absolute atomic E-state index is 13.1. The minimum Gasteiger partial charge on any atom is -0.484 e. The lowest BCUT2D eigenvalue weighted by atomic mass is 9.99. The van der Waals surface area contributed by atoms with E-state index in [1.165, 1.54) is 12.1 Å². The molecule has 1 saturated heterocycles. The Bertz CT molecular complexity index is 794. The van der Waals surface area contributed by atoms with Crippen LogP contribution >= 0.6 is 0 Å². The fraction of sp³-hybridized carbons (Fsp3) is 0.400. The van der Waals surface area contributed by atoms with Gasteiger partial charge in [0.1, 0.15) is 19.0 Å². The Morgan fingerprint density at radius 2 is 2.04 bits per heavy atom. The standard InChI is InChI=1S/C20H21FN2O3/c21-17-3-1-14(2-4-17)15-5-7-23(13-15)8-6-18(24)16-11-19-20(22-12-16)26-10-9-25-19/h1-4,11-12,15H,5-10,13H2. The molecule has 3 heterocycles. The molecule has 1 aromatic heterocycles. The first kappa shape index (κ1) is 17.0. The number of hydrogen-bond donors (Lipinski definition) is 0. The molecule has 0 bridgehead atoms. The lowest BCUT2D eigenvalue weighted by Gasteiger charge is -2.18. The molecule has 0 radical (unpaired) electrons. The Balaban J connectivity index is 1.31. The van der Waals surface area contributed by atoms with Crippen molar-refractivity contribution in [2.45, 2.75) is 18.8 Å². The highest BCUT2D eigenvalue weighted by atomic mass is 19.1. The van der Waals surface area contributed by atoms with E-state index in [0.717, 1.165) is 25.1 Å². The molecule has 0 N–H and O–H groups in total. The summed E-state index contributed by atoms with van der Waals surface area (Å²) in [6.45, 7) is 3.53. The average molecular weight is 356 g/mol. The smallest absolute Gasteiger partial charge is 0.257 e. The number of ether oxygens (including phenoxy) is 2. The number of benzene rings is 1. The van der Waals surface area contributed by atoms with E-state index in [9.17, 15) is 9.18 Å². The molecular formula is C20H21FN2O3. The molecule has 1 fully saturated rings. The van der Waals surface area contributed by atoms with Gasteiger partial charge in [0.2, 0.25) is 0 Å². The third-order valence-corrected chi connectivity index (χ3v) is 4.99. The number of nitrogens with zero attached hydrogens (tertiary/aromatic N) is 2. The van der Waals surface area contributed by atoms with Crippen LogP contribution in [0, 0.1) is 5.82 Å². The van der Waals surface area contributed by atoms with E-state index >= 15 is 0 Å². The second-order valence-corrected chi connectivity index (χ2v) is 6.74. The second-order valence-electron chi connectivity index (χ2n) is 6.74. The number of ketones is 1. The molecule has 136 valence electrons. The third-order valence-electron chi connectivity index (χ3n) is 4.99. The van der Waals surface area contributed by atoms with Gasteiger partial charge in [0, 0.05) is 31.3 Å². The molecule has 0 saturated carbocycles. The van der Waals surface area contributed by atoms with Crippen molar-refractivity contribution in [1.82, 2.24) is 9.88 Å². The van der Waals surface area contributed by atoms with Crippen molar-refractivity contribution in [3.05, 3.63) is 53.5 Å². The number of fused-ring (bicyclic) bond motifs is 1. The quantitative estimate of drug-likeness (QED) is 0.771. The van der Waals surface area contributed by atoms with Crippen molar-refractivity contribution in [3.63, 3.8) is 0 Å². The molecule has 1 atom stereocenters. The number of likely N-dealkylation sites (tertiary alicyclic amines) is 1. The number of pyridine rings is 1. The van der Waals surface area contributed by atoms with Crippen LogP contribution in [0.5, 0.6) is 11.6 Å². The van der Waals surface area contributed by atoms with Gasteiger partial charge in [0.05, 0.1) is 0 Å². The fourth-order valence-electron chi connectivity index (χ4n) is 3.53. The van der Waals surface area contributed by atoms with E-state index in [-0.39, 0.29) is 11.6 Å². The van der Waals surface area contributed by atoms with Gasteiger partial charge in [-0.1, -0.05) is 12.1 Å². The lowest BCUT2D eigenvalue weighted by Crippen LogP contribution is -2.24. The molecule has 6 heteroatoms. The first-order valence-electron chi connectivity index (χ1n) is 8.96. The Morgan fingerprint density at radius 1 is 1.23 bits per heavy atom. The van der Waals surface area contributed by atoms with Gasteiger partial charge >= 0.3 is 0 Å². The van der Waals surface area contributed by atoms with Gasteiger partial charge in [0.25, 0.3) is 5.88 Å². The van der Waals surface area contributed by atoms with E-state index in [1.807, 2.05) is 12.1 Å². The second kappa shape index (κ2) is 7.41. The van der Waals surface area contributed by atoms with E-state index < -0.39 is 0 Å². The Morgan fingerprint density at radius 3 is 2.88 bits per heavy atom. The van der Waals surface area contributed by atoms with Gasteiger partial charge in [-0.3, -0.25) is 4.79 Å². The summed E-state index contributed by atoms with van der Waals surface area (Å²) in [4.78, 5) is 18.9. The van der Waals surface area contributed by atoms with Gasteiger partial charge < -0.3 is 14.4 Å². The zero-order valence-electron chi connectivity index (χ0n) is 14.5. The van der Waals surface area contributed by atoms with Crippen molar-refractivity contribution in [1.29, 1.82) is 0 Å². The molecule has 2 aromatic rings. The molecular weight excluding hydrogens is 335 g/mol. The van der Waals surface area contributed by atoms with Crippen LogP contribution in [0.15, 0.2) is 36.5 Å². The molecule has 4 rings (SSSR count). The summed E-state index contributed by atoms with van der Waals surface area (Å²) >= 11 is 0. The molecule has 0 aliphatic carbocycles. The van der Waals surface area contributed by atoms with Crippen LogP contribution < -0.4 is 9.47 Å². The van der Waals surface area contributed by atoms with E-state index in [4.69, 9.17) is 9.47 Å². The predicted octanol–water partition coefficient (Wildman–Crippen LogP) is 3.05. The summed E-state index contributed by atoms with van der Waals surface area (Å²) in [5.41, 5.74) is 1.72. The van der Waals surface area contributed by atoms with Crippen LogP contribution in [0.25, 0.3) is 0 Å². The summed E-state index contributed by atoms with van der Waals surface area (Å²) in [6.07, 6.45) is 3.03. The highest BCUT2D eigenvalue weighted by Crippen LogP contribution is 2.29. The zero-order chi connectivity index (χ0) is 17.9. The van der Waals surface area contributed by atoms with Crippen molar-refractivity contribution in [2.75, 3.05) is 32.8 Å². The number of rotatable bonds is 5. The Hall–Kier alpha value is -2.47. The molecule has 0 spiro atoms. The van der Waals surface area contributed by atoms with Crippen LogP contribution in [0.2, 0.25) is 0 Å². The van der Waals surface area contributed by atoms with Crippen molar-refractivity contribution in [3.8, 4) is 11.6 Å². The lowest BCUT2D eigenvalue weighted by molar-refractivity contribution is 0.0966. The van der Waals surface area contributed by atoms with Crippen molar-refractivity contribution < 1.29 is 18.7 Å². The molecule has 0 amide bonds. The summed E-state index contributed by atoms with van der Waals surface area (Å²) in [5.74, 6) is 1.25. The van der Waals surface area contributed by atoms with Gasteiger partial charge in [-0.15, -0.1) is 0 Å². The third kappa shape index (κ3) is 3.70. The van der Waals surface area contributed by atoms with Gasteiger partial charge in [0.15, 0.2) is 11.5 Å². The summed E-state index contributed by atoms with van der Waals surface area (Å²) in [5, 5.41) is 0. The Labute approximate surface area is 151 Å². The van der Waals surface area contributed by atoms with E-state index in [2.05, 4.69) is 9.88 Å². The number of carbonyl (C=O) groups excluding carboxylic acids is 1. The molecule has 2 aliphatic heterocycles. The van der Waals surface area contributed by atoms with Crippen LogP contribution in [0.4, 0.5) is 4.39 Å². The fourth-order valence-corrected chi connectivity index (χ4v) is 3.53. The minimum absolute atomic E-state index is 0.0553. The van der Waals surface area contributed by atoms with E-state index in [0.29, 0.717) is 49.3 Å². The molecule has 5 nitrogen and oxygen atoms in total. The number of halogens is 1. The highest BCUT2D eigenvalue weighted by Gasteiger charge is 2.24. The SMILES string of the molecule is O=C(CCN1CCC(c2ccc(F)cc2)C1)c1cnc2c(c1)OCCO2. The first-order valence-corrected chi connectivity index (χ1v) is 8.96. The summed E-state index contributed by atoms with van der Waals surface area (Å²) in [7, 11) is 0. The zero-order valence-corrected chi connectivity index (χ0v) is 14.5. The number of carbonyl (C=O) groups is 1. The number of hydrogen-bond acceptors (Lipinski definition) is 5. The van der Waals surface area contributed by atoms with Gasteiger partial charge in [-0.25, -0.2) is 9.37 Å². The number of Topliss-reactive ketones (excluding diaryl/α,β-unsaturated/α-hetero) is 1. The summed E-state index contributed by atoms with van der Waals surface area (Å²) < 4.78 is 23.9. The molecule has 1 aromatic carbocycles. The van der Waals surface area contributed by atoms with Gasteiger partial charge in [-0.05, 0) is 42.6 Å². The van der Waals surface area contributed by atoms with Crippen LogP contribution in [-0.2, 0) is 0 Å². The maximum Gasteiger partial charge on any atom is 0.257 e. The van der Waals surface area contributed by atoms with Crippen molar-refractivity contribution in [2.24, 2.45) is 0 Å². The van der Waals surface area contributed by atoms with E-state index in [1.54, 1.807) is 12.3 Å². The van der Waals surface area contributed by atoms with Gasteiger partial charge in [-0.2, -0.15) is 0 Å². The van der Waals surface area contributed by atoms with Crippen molar-refractivity contribution >= 4 is 5.78 Å². The highest BCUT2D eigenvalue weighted by molar-refractivity contribution is 5.96. The van der Waals surface area contributed by atoms with Crippen LogP contribution in [-0.4, -0.2) is 48.5 Å². The monoisotopic (exact) mass is 356 g/mol. The predicted molar refractivity (Wildman–Crippen MR) is 94.4 cm³/mol. The first-order chi connectivity index (χ1) is 12.7. The topological polar surface area (TPSA) is 51.7 Å². The van der Waals surface area contributed by atoms with Crippen LogP contribution in [0.1, 0.15) is 34.7 Å². The minimum atomic E-state index is -0.206. The largest absolute Gasteiger partial charge is 0.484 e. The molecule has 26 heavy (non-hydrogen) atoms. The molecule has 1 unspecified atom stereocenters. The normalized spacial score (nSPS) is 19.5. The summed E-state index contributed by atoms with van der Waals surface area (Å²) in [6, 6.07) is 8.45. The Kier molecular flexibility index (Phi) is 4.84. The maximum atomic E-state index is 13.1.